The van der Waals surface area contributed by atoms with Gasteiger partial charge in [-0.2, -0.15) is 0 Å². The van der Waals surface area contributed by atoms with Crippen LogP contribution in [0.1, 0.15) is 48.5 Å². The number of Topliss-reactive ketones (excluding diaryl/α,β-unsaturated/α-hetero) is 1. The average molecular weight is 450 g/mol. The zero-order valence-corrected chi connectivity index (χ0v) is 19.9. The van der Waals surface area contributed by atoms with Gasteiger partial charge in [0, 0.05) is 18.2 Å². The van der Waals surface area contributed by atoms with Crippen molar-refractivity contribution in [1.29, 1.82) is 0 Å². The van der Waals surface area contributed by atoms with Crippen LogP contribution in [0, 0.1) is 0 Å². The summed E-state index contributed by atoms with van der Waals surface area (Å²) in [5.41, 5.74) is 0.000875. The van der Waals surface area contributed by atoms with Crippen LogP contribution >= 0.6 is 0 Å². The monoisotopic (exact) mass is 450 g/mol. The smallest absolute Gasteiger partial charge is 1.00 e. The second-order valence-electron chi connectivity index (χ2n) is 6.93. The maximum absolute atomic E-state index is 11.9. The summed E-state index contributed by atoms with van der Waals surface area (Å²) in [6, 6.07) is 10.2. The Hall–Kier alpha value is -2.81. The van der Waals surface area contributed by atoms with Gasteiger partial charge in [-0.3, -0.25) is 9.59 Å². The molecule has 0 aliphatic heterocycles. The van der Waals surface area contributed by atoms with Crippen molar-refractivity contribution < 1.29 is 64.7 Å². The molecule has 9 heteroatoms. The van der Waals surface area contributed by atoms with Crippen LogP contribution in [0.25, 0.3) is 11.0 Å². The number of carboxylic acid groups (broad SMARTS) is 1. The SMILES string of the molecule is CC(=O)c1ccc(OCCCCCOc2ccc3c(=O)cc(C(=O)O)oc3c2)cc1O.[H-].[Na+]. The number of rotatable bonds is 10. The van der Waals surface area contributed by atoms with Crippen LogP contribution < -0.4 is 44.5 Å². The van der Waals surface area contributed by atoms with Gasteiger partial charge in [-0.1, -0.05) is 0 Å². The van der Waals surface area contributed by atoms with Gasteiger partial charge in [-0.05, 0) is 50.5 Å². The molecule has 32 heavy (non-hydrogen) atoms. The molecule has 0 aliphatic rings. The molecule has 2 aromatic carbocycles. The molecule has 0 spiro atoms. The van der Waals surface area contributed by atoms with Gasteiger partial charge in [0.2, 0.25) is 5.76 Å². The molecular weight excluding hydrogens is 427 g/mol. The Balaban J connectivity index is 0.00000272. The molecule has 3 rings (SSSR count). The van der Waals surface area contributed by atoms with E-state index in [1.807, 2.05) is 0 Å². The van der Waals surface area contributed by atoms with Crippen LogP contribution in [-0.2, 0) is 0 Å². The zero-order chi connectivity index (χ0) is 22.4. The van der Waals surface area contributed by atoms with E-state index in [1.54, 1.807) is 18.2 Å². The van der Waals surface area contributed by atoms with E-state index >= 15 is 0 Å². The maximum Gasteiger partial charge on any atom is 1.00 e. The second kappa shape index (κ2) is 11.7. The number of ether oxygens (including phenoxy) is 2. The van der Waals surface area contributed by atoms with Crippen molar-refractivity contribution in [2.24, 2.45) is 0 Å². The number of carboxylic acids is 1. The summed E-state index contributed by atoms with van der Waals surface area (Å²) >= 11 is 0. The molecule has 0 saturated carbocycles. The molecule has 0 aliphatic carbocycles. The predicted molar refractivity (Wildman–Crippen MR) is 114 cm³/mol. The number of unbranched alkanes of at least 4 members (excludes halogenated alkanes) is 2. The third kappa shape index (κ3) is 6.59. The van der Waals surface area contributed by atoms with E-state index in [-0.39, 0.29) is 59.0 Å². The van der Waals surface area contributed by atoms with E-state index in [0.29, 0.717) is 24.7 Å². The largest absolute Gasteiger partial charge is 1.00 e. The Labute approximate surface area is 207 Å². The van der Waals surface area contributed by atoms with Crippen LogP contribution in [0.4, 0.5) is 0 Å². The van der Waals surface area contributed by atoms with Crippen molar-refractivity contribution in [3.8, 4) is 17.2 Å². The van der Waals surface area contributed by atoms with Crippen molar-refractivity contribution in [2.75, 3.05) is 13.2 Å². The van der Waals surface area contributed by atoms with Crippen LogP contribution in [0.2, 0.25) is 0 Å². The summed E-state index contributed by atoms with van der Waals surface area (Å²) in [5.74, 6) is -1.05. The van der Waals surface area contributed by atoms with Crippen LogP contribution in [0.5, 0.6) is 17.2 Å². The molecule has 0 radical (unpaired) electrons. The number of hydrogen-bond acceptors (Lipinski definition) is 7. The number of aromatic carboxylic acids is 1. The minimum Gasteiger partial charge on any atom is -1.00 e. The Morgan fingerprint density at radius 3 is 2.19 bits per heavy atom. The molecule has 2 N–H and O–H groups in total. The van der Waals surface area contributed by atoms with E-state index in [4.69, 9.17) is 19.0 Å². The Morgan fingerprint density at radius 1 is 0.969 bits per heavy atom. The molecular formula is C23H23NaO8. The first-order chi connectivity index (χ1) is 14.8. The Kier molecular flexibility index (Phi) is 9.31. The van der Waals surface area contributed by atoms with Crippen molar-refractivity contribution in [1.82, 2.24) is 0 Å². The molecule has 0 saturated heterocycles. The van der Waals surface area contributed by atoms with Gasteiger partial charge >= 0.3 is 35.5 Å². The van der Waals surface area contributed by atoms with Crippen LogP contribution in [-0.4, -0.2) is 35.2 Å². The van der Waals surface area contributed by atoms with Crippen LogP contribution in [0.3, 0.4) is 0 Å². The fourth-order valence-corrected chi connectivity index (χ4v) is 2.99. The minimum atomic E-state index is -1.31. The normalized spacial score (nSPS) is 10.4. The van der Waals surface area contributed by atoms with Gasteiger partial charge < -0.3 is 25.5 Å². The molecule has 0 amide bonds. The van der Waals surface area contributed by atoms with Crippen molar-refractivity contribution >= 4 is 22.7 Å². The average Bonchev–Trinajstić information content (AvgIpc) is 2.72. The zero-order valence-electron chi connectivity index (χ0n) is 18.9. The topological polar surface area (TPSA) is 123 Å². The van der Waals surface area contributed by atoms with Gasteiger partial charge in [0.05, 0.1) is 24.2 Å². The summed E-state index contributed by atoms with van der Waals surface area (Å²) in [4.78, 5) is 34.3. The third-order valence-corrected chi connectivity index (χ3v) is 4.59. The fourth-order valence-electron chi connectivity index (χ4n) is 2.99. The molecule has 0 fully saturated rings. The van der Waals surface area contributed by atoms with Crippen molar-refractivity contribution in [3.63, 3.8) is 0 Å². The summed E-state index contributed by atoms with van der Waals surface area (Å²) in [5, 5.41) is 19.1. The quantitative estimate of drug-likeness (QED) is 0.268. The molecule has 1 aromatic heterocycles. The number of hydrogen-bond donors (Lipinski definition) is 2. The van der Waals surface area contributed by atoms with E-state index in [9.17, 15) is 19.5 Å². The molecule has 0 bridgehead atoms. The minimum absolute atomic E-state index is 0. The number of ketones is 1. The fraction of sp³-hybridized carbons (Fsp3) is 0.261. The number of carbonyl (C=O) groups excluding carboxylic acids is 1. The molecule has 8 nitrogen and oxygen atoms in total. The van der Waals surface area contributed by atoms with E-state index in [0.717, 1.165) is 25.3 Å². The van der Waals surface area contributed by atoms with Gasteiger partial charge in [0.15, 0.2) is 11.2 Å². The second-order valence-corrected chi connectivity index (χ2v) is 6.93. The third-order valence-electron chi connectivity index (χ3n) is 4.59. The van der Waals surface area contributed by atoms with Crippen molar-refractivity contribution in [2.45, 2.75) is 26.2 Å². The first-order valence-corrected chi connectivity index (χ1v) is 9.76. The Morgan fingerprint density at radius 2 is 1.59 bits per heavy atom. The Bertz CT molecular complexity index is 1170. The van der Waals surface area contributed by atoms with Crippen molar-refractivity contribution in [3.05, 3.63) is 64.0 Å². The first-order valence-electron chi connectivity index (χ1n) is 9.76. The van der Waals surface area contributed by atoms with E-state index in [2.05, 4.69) is 0 Å². The predicted octanol–water partition coefficient (Wildman–Crippen LogP) is 1.14. The summed E-state index contributed by atoms with van der Waals surface area (Å²) in [6.45, 7) is 2.28. The summed E-state index contributed by atoms with van der Waals surface area (Å²) in [7, 11) is 0. The molecule has 164 valence electrons. The maximum atomic E-state index is 11.9. The van der Waals surface area contributed by atoms with Gasteiger partial charge in [0.25, 0.3) is 0 Å². The number of phenols is 1. The molecule has 1 heterocycles. The van der Waals surface area contributed by atoms with E-state index in [1.165, 1.54) is 25.1 Å². The number of aromatic hydroxyl groups is 1. The number of phenolic OH excluding ortho intramolecular Hbond substituents is 1. The number of carbonyl (C=O) groups is 2. The number of benzene rings is 2. The summed E-state index contributed by atoms with van der Waals surface area (Å²) in [6.07, 6.45) is 2.37. The molecule has 0 unspecified atom stereocenters. The van der Waals surface area contributed by atoms with Gasteiger partial charge in [-0.15, -0.1) is 0 Å². The van der Waals surface area contributed by atoms with Gasteiger partial charge in [0.1, 0.15) is 22.8 Å². The summed E-state index contributed by atoms with van der Waals surface area (Å²) < 4.78 is 16.5. The first kappa shape index (κ1) is 25.5. The standard InChI is InChI=1S/C23H22O8.Na.H/c1-14(24)17-7-5-15(11-19(17)25)29-9-3-2-4-10-30-16-6-8-18-20(26)13-22(23(27)28)31-21(18)12-16;;/h5-8,11-13,25H,2-4,9-10H2,1H3,(H,27,28);;/q;+1;-1. The molecule has 3 aromatic rings. The van der Waals surface area contributed by atoms with Crippen LogP contribution in [0.15, 0.2) is 51.7 Å². The van der Waals surface area contributed by atoms with Gasteiger partial charge in [-0.25, -0.2) is 4.79 Å². The number of fused-ring (bicyclic) bond motifs is 1. The van der Waals surface area contributed by atoms with E-state index < -0.39 is 17.2 Å². The molecule has 0 atom stereocenters.